The number of piperidine rings is 2. The first-order valence-electron chi connectivity index (χ1n) is 11.8. The van der Waals surface area contributed by atoms with Gasteiger partial charge >= 0.3 is 0 Å². The smallest absolute Gasteiger partial charge is 0.224 e. The van der Waals surface area contributed by atoms with E-state index in [0.29, 0.717) is 38.1 Å². The summed E-state index contributed by atoms with van der Waals surface area (Å²) in [5, 5.41) is 1.14. The molecule has 2 fully saturated rings. The molecule has 1 aromatic carbocycles. The van der Waals surface area contributed by atoms with Gasteiger partial charge in [0, 0.05) is 50.8 Å². The van der Waals surface area contributed by atoms with Gasteiger partial charge in [-0.05, 0) is 56.8 Å². The van der Waals surface area contributed by atoms with Crippen LogP contribution in [0.15, 0.2) is 30.5 Å². The number of hydrogen-bond donors (Lipinski definition) is 0. The van der Waals surface area contributed by atoms with Crippen LogP contribution in [-0.4, -0.2) is 73.3 Å². The van der Waals surface area contributed by atoms with E-state index in [1.807, 2.05) is 12.1 Å². The minimum Gasteiger partial charge on any atom is -0.495 e. The summed E-state index contributed by atoms with van der Waals surface area (Å²) in [7, 11) is 3.41. The van der Waals surface area contributed by atoms with Crippen LogP contribution >= 0.6 is 0 Å². The van der Waals surface area contributed by atoms with Crippen LogP contribution in [0.2, 0.25) is 0 Å². The van der Waals surface area contributed by atoms with E-state index in [9.17, 15) is 4.79 Å². The Bertz CT molecular complexity index is 863. The van der Waals surface area contributed by atoms with E-state index in [0.717, 1.165) is 23.2 Å². The fraction of sp³-hybridized carbons (Fsp3) is 0.640. The van der Waals surface area contributed by atoms with Crippen molar-refractivity contribution in [3.63, 3.8) is 0 Å². The number of nitrogens with zero attached hydrogens (tertiary/aromatic N) is 3. The van der Waals surface area contributed by atoms with Crippen molar-refractivity contribution in [2.45, 2.75) is 51.1 Å². The van der Waals surface area contributed by atoms with Gasteiger partial charge in [-0.25, -0.2) is 0 Å². The number of amides is 1. The molecular weight excluding hydrogens is 390 g/mol. The molecule has 0 N–H and O–H groups in total. The third-order valence-electron chi connectivity index (χ3n) is 7.14. The maximum absolute atomic E-state index is 13.3. The van der Waals surface area contributed by atoms with Crippen LogP contribution in [0.25, 0.3) is 10.9 Å². The molecule has 6 nitrogen and oxygen atoms in total. The molecule has 31 heavy (non-hydrogen) atoms. The van der Waals surface area contributed by atoms with Gasteiger partial charge in [0.15, 0.2) is 0 Å². The summed E-state index contributed by atoms with van der Waals surface area (Å²) in [6, 6.07) is 8.80. The first kappa shape index (κ1) is 22.2. The van der Waals surface area contributed by atoms with Crippen molar-refractivity contribution in [2.24, 2.45) is 5.92 Å². The Morgan fingerprint density at radius 2 is 2.00 bits per heavy atom. The molecule has 0 aliphatic carbocycles. The average molecular weight is 428 g/mol. The van der Waals surface area contributed by atoms with E-state index >= 15 is 0 Å². The summed E-state index contributed by atoms with van der Waals surface area (Å²) >= 11 is 0. The SMILES string of the molecule is COCCN(CC1CCCN2CCCCC12)C(=O)CCn1ccc2cccc(OC)c21. The zero-order valence-corrected chi connectivity index (χ0v) is 19.1. The van der Waals surface area contributed by atoms with Crippen molar-refractivity contribution in [2.75, 3.05) is 47.0 Å². The molecule has 2 saturated heterocycles. The number of aromatic nitrogens is 1. The van der Waals surface area contributed by atoms with Gasteiger partial charge in [0.25, 0.3) is 0 Å². The zero-order valence-electron chi connectivity index (χ0n) is 19.1. The molecule has 1 amide bonds. The zero-order chi connectivity index (χ0) is 21.6. The molecule has 0 spiro atoms. The van der Waals surface area contributed by atoms with Gasteiger partial charge in [-0.15, -0.1) is 0 Å². The van der Waals surface area contributed by atoms with Gasteiger partial charge in [0.1, 0.15) is 5.75 Å². The number of benzene rings is 1. The minimum absolute atomic E-state index is 0.224. The Morgan fingerprint density at radius 3 is 2.84 bits per heavy atom. The molecule has 0 bridgehead atoms. The molecular formula is C25H37N3O3. The van der Waals surface area contributed by atoms with Crippen LogP contribution in [0.3, 0.4) is 0 Å². The van der Waals surface area contributed by atoms with Crippen LogP contribution in [0.1, 0.15) is 38.5 Å². The molecule has 2 aromatic rings. The van der Waals surface area contributed by atoms with Crippen LogP contribution in [0.5, 0.6) is 5.75 Å². The molecule has 2 atom stereocenters. The van der Waals surface area contributed by atoms with Crippen molar-refractivity contribution in [1.82, 2.24) is 14.4 Å². The van der Waals surface area contributed by atoms with Crippen LogP contribution in [0.4, 0.5) is 0 Å². The quantitative estimate of drug-likeness (QED) is 0.611. The van der Waals surface area contributed by atoms with Crippen LogP contribution < -0.4 is 4.74 Å². The predicted octanol–water partition coefficient (Wildman–Crippen LogP) is 3.78. The number of rotatable bonds is 9. The number of fused-ring (bicyclic) bond motifs is 2. The standard InChI is InChI=1S/C25H37N3O3/c1-30-18-17-28(19-21-8-6-14-26-13-4-3-9-22(21)26)24(29)12-16-27-15-11-20-7-5-10-23(31-2)25(20)27/h5,7,10-11,15,21-22H,3-4,6,8-9,12-14,16-19H2,1-2H3. The summed E-state index contributed by atoms with van der Waals surface area (Å²) in [6.45, 7) is 5.25. The normalized spacial score (nSPS) is 21.7. The summed E-state index contributed by atoms with van der Waals surface area (Å²) in [4.78, 5) is 18.0. The molecule has 1 aromatic heterocycles. The largest absolute Gasteiger partial charge is 0.495 e. The lowest BCUT2D eigenvalue weighted by Crippen LogP contribution is -2.52. The number of carbonyl (C=O) groups excluding carboxylic acids is 1. The molecule has 0 radical (unpaired) electrons. The highest BCUT2D eigenvalue weighted by Crippen LogP contribution is 2.32. The minimum atomic E-state index is 0.224. The molecule has 3 heterocycles. The van der Waals surface area contributed by atoms with Gasteiger partial charge in [0.05, 0.1) is 19.2 Å². The van der Waals surface area contributed by atoms with Gasteiger partial charge in [0.2, 0.25) is 5.91 Å². The highest BCUT2D eigenvalue weighted by molar-refractivity contribution is 5.86. The first-order valence-corrected chi connectivity index (χ1v) is 11.8. The second-order valence-electron chi connectivity index (χ2n) is 8.99. The van der Waals surface area contributed by atoms with Gasteiger partial charge in [-0.3, -0.25) is 4.79 Å². The number of hydrogen-bond acceptors (Lipinski definition) is 4. The Labute approximate surface area is 186 Å². The van der Waals surface area contributed by atoms with Crippen LogP contribution in [0, 0.1) is 5.92 Å². The van der Waals surface area contributed by atoms with E-state index in [1.165, 1.54) is 45.2 Å². The Morgan fingerprint density at radius 1 is 1.13 bits per heavy atom. The van der Waals surface area contributed by atoms with Crippen molar-refractivity contribution in [3.05, 3.63) is 30.5 Å². The molecule has 2 aliphatic rings. The topological polar surface area (TPSA) is 46.9 Å². The fourth-order valence-electron chi connectivity index (χ4n) is 5.54. The van der Waals surface area contributed by atoms with Gasteiger partial charge in [-0.1, -0.05) is 18.6 Å². The Balaban J connectivity index is 1.42. The van der Waals surface area contributed by atoms with Crippen molar-refractivity contribution in [3.8, 4) is 5.75 Å². The van der Waals surface area contributed by atoms with E-state index in [1.54, 1.807) is 14.2 Å². The van der Waals surface area contributed by atoms with E-state index in [4.69, 9.17) is 9.47 Å². The summed E-state index contributed by atoms with van der Waals surface area (Å²) in [6.07, 6.45) is 8.97. The molecule has 0 saturated carbocycles. The van der Waals surface area contributed by atoms with Crippen molar-refractivity contribution >= 4 is 16.8 Å². The Hall–Kier alpha value is -2.05. The van der Waals surface area contributed by atoms with Crippen LogP contribution in [-0.2, 0) is 16.1 Å². The number of ether oxygens (including phenoxy) is 2. The maximum atomic E-state index is 13.3. The maximum Gasteiger partial charge on any atom is 0.224 e. The summed E-state index contributed by atoms with van der Waals surface area (Å²) in [5.41, 5.74) is 1.06. The molecule has 170 valence electrons. The van der Waals surface area contributed by atoms with Gasteiger partial charge < -0.3 is 23.8 Å². The summed E-state index contributed by atoms with van der Waals surface area (Å²) < 4.78 is 13.0. The van der Waals surface area contributed by atoms with Gasteiger partial charge in [-0.2, -0.15) is 0 Å². The third-order valence-corrected chi connectivity index (χ3v) is 7.14. The highest BCUT2D eigenvalue weighted by atomic mass is 16.5. The lowest BCUT2D eigenvalue weighted by atomic mass is 9.83. The highest BCUT2D eigenvalue weighted by Gasteiger charge is 2.34. The number of aryl methyl sites for hydroxylation is 1. The van der Waals surface area contributed by atoms with E-state index in [-0.39, 0.29) is 5.91 Å². The predicted molar refractivity (Wildman–Crippen MR) is 123 cm³/mol. The number of carbonyl (C=O) groups is 1. The molecule has 4 rings (SSSR count). The van der Waals surface area contributed by atoms with Crippen molar-refractivity contribution < 1.29 is 14.3 Å². The van der Waals surface area contributed by atoms with E-state index in [2.05, 4.69) is 32.7 Å². The number of methoxy groups -OCH3 is 2. The average Bonchev–Trinajstić information content (AvgIpc) is 3.23. The molecule has 2 unspecified atom stereocenters. The van der Waals surface area contributed by atoms with Crippen molar-refractivity contribution in [1.29, 1.82) is 0 Å². The van der Waals surface area contributed by atoms with E-state index < -0.39 is 0 Å². The first-order chi connectivity index (χ1) is 15.2. The summed E-state index contributed by atoms with van der Waals surface area (Å²) in [5.74, 6) is 1.66. The Kier molecular flexibility index (Phi) is 7.51. The fourth-order valence-corrected chi connectivity index (χ4v) is 5.54. The second kappa shape index (κ2) is 10.5. The second-order valence-corrected chi connectivity index (χ2v) is 8.99. The lowest BCUT2D eigenvalue weighted by molar-refractivity contribution is -0.133. The number of para-hydroxylation sites is 1. The lowest BCUT2D eigenvalue weighted by Gasteiger charge is -2.45. The monoisotopic (exact) mass is 427 g/mol. The molecule has 2 aliphatic heterocycles. The third kappa shape index (κ3) is 5.07. The molecule has 6 heteroatoms.